The van der Waals surface area contributed by atoms with Gasteiger partial charge in [-0.05, 0) is 61.7 Å². The number of esters is 2. The summed E-state index contributed by atoms with van der Waals surface area (Å²) < 4.78 is 16.3. The van der Waals surface area contributed by atoms with Crippen LogP contribution in [-0.4, -0.2) is 31.1 Å². The second-order valence-corrected chi connectivity index (χ2v) is 9.37. The Balaban J connectivity index is 1.86. The van der Waals surface area contributed by atoms with E-state index >= 15 is 0 Å². The first-order valence-electron chi connectivity index (χ1n) is 12.0. The van der Waals surface area contributed by atoms with Gasteiger partial charge in [-0.25, -0.2) is 9.59 Å². The van der Waals surface area contributed by atoms with Gasteiger partial charge in [0.1, 0.15) is 16.6 Å². The van der Waals surface area contributed by atoms with E-state index in [1.165, 1.54) is 23.5 Å². The lowest BCUT2D eigenvalue weighted by Gasteiger charge is -2.12. The van der Waals surface area contributed by atoms with Crippen molar-refractivity contribution >= 4 is 40.3 Å². The number of nitriles is 1. The largest absolute Gasteiger partial charge is 0.490 e. The Morgan fingerprint density at radius 2 is 1.74 bits per heavy atom. The molecule has 38 heavy (non-hydrogen) atoms. The predicted octanol–water partition coefficient (Wildman–Crippen LogP) is 6.21. The van der Waals surface area contributed by atoms with Gasteiger partial charge in [0.25, 0.3) is 5.91 Å². The molecule has 0 unspecified atom stereocenters. The number of benzene rings is 2. The Bertz CT molecular complexity index is 1390. The van der Waals surface area contributed by atoms with Crippen LogP contribution in [-0.2, 0) is 9.53 Å². The fourth-order valence-electron chi connectivity index (χ4n) is 3.33. The van der Waals surface area contributed by atoms with Crippen molar-refractivity contribution in [2.45, 2.75) is 33.6 Å². The van der Waals surface area contributed by atoms with Crippen LogP contribution in [0.25, 0.3) is 6.08 Å². The summed E-state index contributed by atoms with van der Waals surface area (Å²) >= 11 is 1.26. The molecule has 0 saturated heterocycles. The van der Waals surface area contributed by atoms with Crippen molar-refractivity contribution in [2.75, 3.05) is 18.5 Å². The van der Waals surface area contributed by atoms with Crippen molar-refractivity contribution in [3.05, 3.63) is 81.7 Å². The molecule has 0 fully saturated rings. The maximum Gasteiger partial charge on any atom is 0.343 e. The molecule has 1 heterocycles. The quantitative estimate of drug-likeness (QED) is 0.143. The summed E-state index contributed by atoms with van der Waals surface area (Å²) in [5, 5.41) is 12.7. The number of carbonyl (C=O) groups is 3. The molecule has 3 aromatic rings. The van der Waals surface area contributed by atoms with Gasteiger partial charge < -0.3 is 19.5 Å². The standard InChI is InChI=1S/C29H28N2O6S/c1-5-35-24-15-19(12-13-23(24)37-28(33)20-10-8-7-9-11-20)14-21(17-30)26(32)31-27-22(29(34)36-6-2)16-25(38-27)18(3)4/h7-16,18H,5-6H2,1-4H3,(H,31,32)/b21-14+. The Hall–Kier alpha value is -4.42. The zero-order chi connectivity index (χ0) is 27.7. The zero-order valence-corrected chi connectivity index (χ0v) is 22.4. The van der Waals surface area contributed by atoms with Crippen LogP contribution in [0.1, 0.15) is 64.8 Å². The van der Waals surface area contributed by atoms with E-state index in [1.807, 2.05) is 19.9 Å². The van der Waals surface area contributed by atoms with E-state index in [1.54, 1.807) is 62.4 Å². The van der Waals surface area contributed by atoms with Gasteiger partial charge in [0.15, 0.2) is 11.5 Å². The minimum atomic E-state index is -0.673. The summed E-state index contributed by atoms with van der Waals surface area (Å²) in [6.45, 7) is 7.94. The highest BCUT2D eigenvalue weighted by Crippen LogP contribution is 2.34. The first-order chi connectivity index (χ1) is 18.3. The van der Waals surface area contributed by atoms with Crippen molar-refractivity contribution in [1.29, 1.82) is 5.26 Å². The van der Waals surface area contributed by atoms with Crippen LogP contribution in [0, 0.1) is 11.3 Å². The summed E-state index contributed by atoms with van der Waals surface area (Å²) in [4.78, 5) is 38.8. The highest BCUT2D eigenvalue weighted by Gasteiger charge is 2.22. The van der Waals surface area contributed by atoms with Gasteiger partial charge in [0.2, 0.25) is 0 Å². The Morgan fingerprint density at radius 3 is 2.37 bits per heavy atom. The number of nitrogens with one attached hydrogen (secondary N) is 1. The lowest BCUT2D eigenvalue weighted by atomic mass is 10.1. The molecule has 196 valence electrons. The summed E-state index contributed by atoms with van der Waals surface area (Å²) in [5.74, 6) is -1.13. The van der Waals surface area contributed by atoms with Crippen molar-refractivity contribution in [3.8, 4) is 17.6 Å². The maximum atomic E-state index is 13.0. The Kier molecular flexibility index (Phi) is 9.79. The van der Waals surface area contributed by atoms with Gasteiger partial charge in [0, 0.05) is 4.88 Å². The lowest BCUT2D eigenvalue weighted by molar-refractivity contribution is -0.112. The molecule has 0 spiro atoms. The Morgan fingerprint density at radius 1 is 1.00 bits per heavy atom. The van der Waals surface area contributed by atoms with Crippen LogP contribution in [0.3, 0.4) is 0 Å². The monoisotopic (exact) mass is 532 g/mol. The fourth-order valence-corrected chi connectivity index (χ4v) is 4.38. The SMILES string of the molecule is CCOC(=O)c1cc(C(C)C)sc1NC(=O)/C(C#N)=C/c1ccc(OC(=O)c2ccccc2)c(OCC)c1. The topological polar surface area (TPSA) is 115 Å². The molecule has 0 radical (unpaired) electrons. The number of anilines is 1. The van der Waals surface area contributed by atoms with Gasteiger partial charge in [-0.2, -0.15) is 5.26 Å². The number of hydrogen-bond acceptors (Lipinski definition) is 8. The molecule has 0 atom stereocenters. The van der Waals surface area contributed by atoms with Gasteiger partial charge in [-0.1, -0.05) is 38.1 Å². The molecule has 0 saturated carbocycles. The third-order valence-electron chi connectivity index (χ3n) is 5.20. The predicted molar refractivity (Wildman–Crippen MR) is 146 cm³/mol. The molecule has 2 aromatic carbocycles. The molecular weight excluding hydrogens is 504 g/mol. The summed E-state index contributed by atoms with van der Waals surface area (Å²) in [5.41, 5.74) is 0.934. The molecule has 0 aliphatic heterocycles. The van der Waals surface area contributed by atoms with Gasteiger partial charge in [-0.15, -0.1) is 11.3 Å². The molecule has 3 rings (SSSR count). The molecule has 8 nitrogen and oxygen atoms in total. The van der Waals surface area contributed by atoms with Crippen molar-refractivity contribution in [1.82, 2.24) is 0 Å². The van der Waals surface area contributed by atoms with E-state index in [9.17, 15) is 19.6 Å². The van der Waals surface area contributed by atoms with Crippen molar-refractivity contribution < 1.29 is 28.6 Å². The first-order valence-corrected chi connectivity index (χ1v) is 12.9. The van der Waals surface area contributed by atoms with Gasteiger partial charge >= 0.3 is 11.9 Å². The van der Waals surface area contributed by atoms with Crippen LogP contribution < -0.4 is 14.8 Å². The number of ether oxygens (including phenoxy) is 3. The maximum absolute atomic E-state index is 13.0. The van der Waals surface area contributed by atoms with Crippen LogP contribution in [0.5, 0.6) is 11.5 Å². The molecule has 1 aromatic heterocycles. The smallest absolute Gasteiger partial charge is 0.343 e. The number of rotatable bonds is 10. The second kappa shape index (κ2) is 13.2. The molecule has 0 aliphatic carbocycles. The van der Waals surface area contributed by atoms with Crippen LogP contribution in [0.4, 0.5) is 5.00 Å². The fraction of sp³-hybridized carbons (Fsp3) is 0.241. The molecule has 1 N–H and O–H groups in total. The Labute approximate surface area is 225 Å². The van der Waals surface area contributed by atoms with E-state index in [4.69, 9.17) is 14.2 Å². The minimum absolute atomic E-state index is 0.135. The first kappa shape index (κ1) is 28.2. The van der Waals surface area contributed by atoms with E-state index in [0.29, 0.717) is 22.7 Å². The summed E-state index contributed by atoms with van der Waals surface area (Å²) in [6, 6.07) is 16.9. The van der Waals surface area contributed by atoms with Crippen LogP contribution in [0.2, 0.25) is 0 Å². The number of amides is 1. The average molecular weight is 533 g/mol. The molecule has 0 aliphatic rings. The highest BCUT2D eigenvalue weighted by atomic mass is 32.1. The third kappa shape index (κ3) is 7.08. The van der Waals surface area contributed by atoms with E-state index < -0.39 is 17.8 Å². The second-order valence-electron chi connectivity index (χ2n) is 8.29. The number of thiophene rings is 1. The minimum Gasteiger partial charge on any atom is -0.490 e. The highest BCUT2D eigenvalue weighted by molar-refractivity contribution is 7.16. The number of hydrogen-bond donors (Lipinski definition) is 1. The summed E-state index contributed by atoms with van der Waals surface area (Å²) in [7, 11) is 0. The van der Waals surface area contributed by atoms with Gasteiger partial charge in [-0.3, -0.25) is 4.79 Å². The van der Waals surface area contributed by atoms with Crippen LogP contribution >= 0.6 is 11.3 Å². The molecule has 9 heteroatoms. The number of carbonyl (C=O) groups excluding carboxylic acids is 3. The molecule has 1 amide bonds. The van der Waals surface area contributed by atoms with E-state index in [-0.39, 0.29) is 35.2 Å². The van der Waals surface area contributed by atoms with Crippen LogP contribution in [0.15, 0.2) is 60.2 Å². The molecular formula is C29H28N2O6S. The van der Waals surface area contributed by atoms with Gasteiger partial charge in [0.05, 0.1) is 24.3 Å². The van der Waals surface area contributed by atoms with Crippen molar-refractivity contribution in [2.24, 2.45) is 0 Å². The number of nitrogens with zero attached hydrogens (tertiary/aromatic N) is 1. The van der Waals surface area contributed by atoms with E-state index in [2.05, 4.69) is 5.32 Å². The average Bonchev–Trinajstić information content (AvgIpc) is 3.33. The van der Waals surface area contributed by atoms with Crippen molar-refractivity contribution in [3.63, 3.8) is 0 Å². The lowest BCUT2D eigenvalue weighted by Crippen LogP contribution is -2.15. The zero-order valence-electron chi connectivity index (χ0n) is 21.6. The van der Waals surface area contributed by atoms with E-state index in [0.717, 1.165) is 4.88 Å². The normalized spacial score (nSPS) is 11.0. The summed E-state index contributed by atoms with van der Waals surface area (Å²) in [6.07, 6.45) is 1.39. The third-order valence-corrected chi connectivity index (χ3v) is 6.55. The molecule has 0 bridgehead atoms.